The van der Waals surface area contributed by atoms with E-state index < -0.39 is 23.0 Å². The molecule has 0 saturated heterocycles. The lowest BCUT2D eigenvalue weighted by molar-refractivity contribution is -0.328. The van der Waals surface area contributed by atoms with E-state index in [1.54, 1.807) is 4.90 Å². The molecule has 5 rings (SSSR count). The Bertz CT molecular complexity index is 896. The monoisotopic (exact) mass is 425 g/mol. The van der Waals surface area contributed by atoms with Crippen molar-refractivity contribution in [2.75, 3.05) is 11.4 Å². The van der Waals surface area contributed by atoms with E-state index in [1.165, 1.54) is 31.4 Å². The number of halogens is 4. The highest BCUT2D eigenvalue weighted by Crippen LogP contribution is 2.63. The Balaban J connectivity index is 1.48. The zero-order chi connectivity index (χ0) is 21.5. The van der Waals surface area contributed by atoms with Gasteiger partial charge < -0.3 is 10.0 Å². The summed E-state index contributed by atoms with van der Waals surface area (Å²) in [6, 6.07) is 2.66. The van der Waals surface area contributed by atoms with E-state index in [9.17, 15) is 23.1 Å². The summed E-state index contributed by atoms with van der Waals surface area (Å²) in [6.45, 7) is 1.27. The van der Waals surface area contributed by atoms with Crippen LogP contribution in [0.15, 0.2) is 12.1 Å². The van der Waals surface area contributed by atoms with Gasteiger partial charge in [-0.25, -0.2) is 4.39 Å². The first kappa shape index (κ1) is 20.3. The Hall–Kier alpha value is -1.63. The molecule has 7 heteroatoms. The van der Waals surface area contributed by atoms with Crippen LogP contribution in [0.25, 0.3) is 0 Å². The fourth-order valence-corrected chi connectivity index (χ4v) is 6.50. The first-order valence-electron chi connectivity index (χ1n) is 11.0. The highest BCUT2D eigenvalue weighted by atomic mass is 19.4. The Morgan fingerprint density at radius 2 is 1.97 bits per heavy atom. The van der Waals surface area contributed by atoms with Crippen molar-refractivity contribution < 1.29 is 27.5 Å². The molecular formula is C23H27F4NO2. The number of hydrogen-bond acceptors (Lipinski definition) is 2. The SMILES string of the molecule is CC1(F)c2cc3c(cc2C1(O)C(F)(F)F)CCCCN3C(=O)CC1CC2CC[C@@H]1C2. The summed E-state index contributed by atoms with van der Waals surface area (Å²) in [5.74, 6) is 1.72. The number of amides is 1. The van der Waals surface area contributed by atoms with Crippen LogP contribution in [0.5, 0.6) is 0 Å². The van der Waals surface area contributed by atoms with Gasteiger partial charge in [-0.1, -0.05) is 6.42 Å². The average molecular weight is 425 g/mol. The van der Waals surface area contributed by atoms with Crippen molar-refractivity contribution in [3.05, 3.63) is 28.8 Å². The Morgan fingerprint density at radius 3 is 2.60 bits per heavy atom. The van der Waals surface area contributed by atoms with Crippen molar-refractivity contribution >= 4 is 11.6 Å². The van der Waals surface area contributed by atoms with Gasteiger partial charge in [0.2, 0.25) is 11.5 Å². The van der Waals surface area contributed by atoms with Crippen LogP contribution in [-0.2, 0) is 22.5 Å². The number of aryl methyl sites for hydroxylation is 1. The summed E-state index contributed by atoms with van der Waals surface area (Å²) < 4.78 is 55.7. The average Bonchev–Trinajstić information content (AvgIpc) is 3.22. The smallest absolute Gasteiger partial charge is 0.374 e. The van der Waals surface area contributed by atoms with E-state index in [-0.39, 0.29) is 11.5 Å². The maximum Gasteiger partial charge on any atom is 0.425 e. The normalized spacial score (nSPS) is 37.4. The van der Waals surface area contributed by atoms with Gasteiger partial charge in [0, 0.05) is 29.8 Å². The molecule has 1 aromatic rings. The lowest BCUT2D eigenvalue weighted by Gasteiger charge is -2.51. The molecule has 1 aromatic carbocycles. The number of rotatable bonds is 2. The van der Waals surface area contributed by atoms with Crippen LogP contribution in [0, 0.1) is 17.8 Å². The standard InChI is InChI=1S/C23H27F4NO2/c1-21(24)17-12-19-15(10-18(17)22(21,30)23(25,26)27)4-2-3-7-28(19)20(29)11-16-9-13-5-6-14(16)8-13/h10,12-14,16,30H,2-9,11H2,1H3/t13?,14-,16?,21?,22?/m1/s1. The molecule has 2 bridgehead atoms. The van der Waals surface area contributed by atoms with Gasteiger partial charge in [0.25, 0.3) is 0 Å². The van der Waals surface area contributed by atoms with Crippen LogP contribution in [0.2, 0.25) is 0 Å². The number of nitrogens with zero attached hydrogens (tertiary/aromatic N) is 1. The minimum atomic E-state index is -5.11. The maximum absolute atomic E-state index is 15.1. The molecule has 0 radical (unpaired) electrons. The number of benzene rings is 1. The third-order valence-corrected chi connectivity index (χ3v) is 8.20. The van der Waals surface area contributed by atoms with Gasteiger partial charge in [0.15, 0.2) is 5.67 Å². The van der Waals surface area contributed by atoms with Crippen LogP contribution >= 0.6 is 0 Å². The van der Waals surface area contributed by atoms with Crippen molar-refractivity contribution in [1.29, 1.82) is 0 Å². The summed E-state index contributed by atoms with van der Waals surface area (Å²) in [6.07, 6.45) is 2.07. The molecule has 164 valence electrons. The lowest BCUT2D eigenvalue weighted by atomic mass is 9.61. The van der Waals surface area contributed by atoms with Crippen molar-refractivity contribution in [2.45, 2.75) is 75.7 Å². The van der Waals surface area contributed by atoms with E-state index in [0.717, 1.165) is 32.1 Å². The zero-order valence-electron chi connectivity index (χ0n) is 17.1. The quantitative estimate of drug-likeness (QED) is 0.668. The van der Waals surface area contributed by atoms with Gasteiger partial charge in [-0.05, 0) is 80.9 Å². The van der Waals surface area contributed by atoms with Crippen molar-refractivity contribution in [1.82, 2.24) is 0 Å². The topological polar surface area (TPSA) is 40.5 Å². The molecule has 1 amide bonds. The molecule has 1 heterocycles. The third-order valence-electron chi connectivity index (χ3n) is 8.20. The summed E-state index contributed by atoms with van der Waals surface area (Å²) in [4.78, 5) is 14.9. The molecule has 0 spiro atoms. The van der Waals surface area contributed by atoms with E-state index in [1.807, 2.05) is 0 Å². The first-order chi connectivity index (χ1) is 14.0. The summed E-state index contributed by atoms with van der Waals surface area (Å²) in [7, 11) is 0. The molecule has 4 aliphatic rings. The number of aliphatic hydroxyl groups is 1. The second-order valence-electron chi connectivity index (χ2n) is 9.88. The summed E-state index contributed by atoms with van der Waals surface area (Å²) in [5, 5.41) is 10.2. The largest absolute Gasteiger partial charge is 0.425 e. The molecule has 2 fully saturated rings. The van der Waals surface area contributed by atoms with Gasteiger partial charge in [0.1, 0.15) is 0 Å². The zero-order valence-corrected chi connectivity index (χ0v) is 17.1. The lowest BCUT2D eigenvalue weighted by Crippen LogP contribution is -2.62. The van der Waals surface area contributed by atoms with Gasteiger partial charge in [0.05, 0.1) is 0 Å². The molecule has 1 aliphatic heterocycles. The fraction of sp³-hybridized carbons (Fsp3) is 0.696. The molecule has 5 atom stereocenters. The number of carbonyl (C=O) groups is 1. The van der Waals surface area contributed by atoms with E-state index in [4.69, 9.17) is 0 Å². The maximum atomic E-state index is 15.1. The Morgan fingerprint density at radius 1 is 1.20 bits per heavy atom. The van der Waals surface area contributed by atoms with Crippen LogP contribution in [0.3, 0.4) is 0 Å². The second kappa shape index (κ2) is 6.44. The van der Waals surface area contributed by atoms with Crippen molar-refractivity contribution in [3.8, 4) is 0 Å². The number of hydrogen-bond donors (Lipinski definition) is 1. The number of fused-ring (bicyclic) bond motifs is 4. The Kier molecular flexibility index (Phi) is 4.35. The highest BCUT2D eigenvalue weighted by Gasteiger charge is 2.74. The van der Waals surface area contributed by atoms with E-state index in [2.05, 4.69) is 0 Å². The molecular weight excluding hydrogens is 398 g/mol. The summed E-state index contributed by atoms with van der Waals surface area (Å²) in [5.41, 5.74) is -5.92. The fourth-order valence-electron chi connectivity index (χ4n) is 6.50. The summed E-state index contributed by atoms with van der Waals surface area (Å²) >= 11 is 0. The second-order valence-corrected chi connectivity index (χ2v) is 9.88. The van der Waals surface area contributed by atoms with Gasteiger partial charge in [-0.3, -0.25) is 4.79 Å². The van der Waals surface area contributed by atoms with Crippen molar-refractivity contribution in [2.24, 2.45) is 17.8 Å². The van der Waals surface area contributed by atoms with Crippen LogP contribution in [-0.4, -0.2) is 23.7 Å². The molecule has 3 aliphatic carbocycles. The number of anilines is 1. The predicted octanol–water partition coefficient (Wildman–Crippen LogP) is 5.13. The van der Waals surface area contributed by atoms with E-state index in [0.29, 0.717) is 42.5 Å². The van der Waals surface area contributed by atoms with Gasteiger partial charge in [-0.15, -0.1) is 0 Å². The minimum Gasteiger partial charge on any atom is -0.374 e. The number of carbonyl (C=O) groups excluding carboxylic acids is 1. The molecule has 0 aromatic heterocycles. The first-order valence-corrected chi connectivity index (χ1v) is 11.0. The van der Waals surface area contributed by atoms with Crippen LogP contribution in [0.4, 0.5) is 23.2 Å². The van der Waals surface area contributed by atoms with Gasteiger partial charge in [-0.2, -0.15) is 13.2 Å². The van der Waals surface area contributed by atoms with Crippen LogP contribution in [0.1, 0.15) is 68.6 Å². The van der Waals surface area contributed by atoms with Gasteiger partial charge >= 0.3 is 6.18 Å². The third kappa shape index (κ3) is 2.63. The minimum absolute atomic E-state index is 0.0124. The highest BCUT2D eigenvalue weighted by molar-refractivity contribution is 5.95. The van der Waals surface area contributed by atoms with Crippen molar-refractivity contribution in [3.63, 3.8) is 0 Å². The predicted molar refractivity (Wildman–Crippen MR) is 104 cm³/mol. The van der Waals surface area contributed by atoms with Crippen LogP contribution < -0.4 is 4.90 Å². The molecule has 30 heavy (non-hydrogen) atoms. The Labute approximate surface area is 173 Å². The molecule has 2 saturated carbocycles. The van der Waals surface area contributed by atoms with E-state index >= 15 is 4.39 Å². The molecule has 1 N–H and O–H groups in total. The molecule has 3 nitrogen and oxygen atoms in total. The number of alkyl halides is 4. The molecule has 4 unspecified atom stereocenters.